The van der Waals surface area contributed by atoms with Gasteiger partial charge in [0.25, 0.3) is 0 Å². The number of carboxylic acids is 1. The molecule has 1 N–H and O–H groups in total. The molecule has 0 saturated carbocycles. The van der Waals surface area contributed by atoms with Gasteiger partial charge in [-0.25, -0.2) is 9.18 Å². The van der Waals surface area contributed by atoms with E-state index in [4.69, 9.17) is 9.84 Å². The summed E-state index contributed by atoms with van der Waals surface area (Å²) in [5, 5.41) is 19.8. The number of para-hydroxylation sites is 2. The van der Waals surface area contributed by atoms with Gasteiger partial charge in [0, 0.05) is 11.6 Å². The quantitative estimate of drug-likeness (QED) is 0.675. The van der Waals surface area contributed by atoms with Crippen LogP contribution in [-0.4, -0.2) is 16.0 Å². The first-order valence-corrected chi connectivity index (χ1v) is 5.87. The number of carbonyl (C=O) groups is 1. The molecule has 2 rings (SSSR count). The van der Waals surface area contributed by atoms with Crippen LogP contribution in [0.5, 0.6) is 5.75 Å². The van der Waals surface area contributed by atoms with E-state index in [2.05, 4.69) is 0 Å². The molecule has 0 heterocycles. The lowest BCUT2D eigenvalue weighted by atomic mass is 10.1. The summed E-state index contributed by atoms with van der Waals surface area (Å²) in [7, 11) is 0. The first-order valence-electron chi connectivity index (χ1n) is 5.87. The lowest BCUT2D eigenvalue weighted by Gasteiger charge is -2.09. The number of hydrogen-bond donors (Lipinski definition) is 1. The normalized spacial score (nSPS) is 10.1. The van der Waals surface area contributed by atoms with E-state index in [1.807, 2.05) is 0 Å². The average molecular weight is 291 g/mol. The summed E-state index contributed by atoms with van der Waals surface area (Å²) in [5.41, 5.74) is -0.243. The summed E-state index contributed by atoms with van der Waals surface area (Å²) in [6.45, 7) is -0.216. The van der Waals surface area contributed by atoms with Crippen molar-refractivity contribution in [2.24, 2.45) is 0 Å². The number of nitro groups is 1. The van der Waals surface area contributed by atoms with Crippen molar-refractivity contribution in [1.29, 1.82) is 0 Å². The molecule has 0 spiro atoms. The Hall–Kier alpha value is -2.96. The smallest absolute Gasteiger partial charge is 0.336 e. The van der Waals surface area contributed by atoms with Crippen LogP contribution in [0.4, 0.5) is 10.1 Å². The summed E-state index contributed by atoms with van der Waals surface area (Å²) in [6, 6.07) is 8.98. The van der Waals surface area contributed by atoms with Gasteiger partial charge in [0.2, 0.25) is 0 Å². The Bertz CT molecular complexity index is 702. The van der Waals surface area contributed by atoms with E-state index in [0.29, 0.717) is 0 Å². The van der Waals surface area contributed by atoms with Crippen molar-refractivity contribution in [1.82, 2.24) is 0 Å². The Labute approximate surface area is 118 Å². The van der Waals surface area contributed by atoms with Gasteiger partial charge in [-0.15, -0.1) is 0 Å². The highest BCUT2D eigenvalue weighted by Gasteiger charge is 2.16. The molecule has 0 atom stereocenters. The van der Waals surface area contributed by atoms with Crippen LogP contribution in [0.25, 0.3) is 0 Å². The van der Waals surface area contributed by atoms with Gasteiger partial charge in [0.05, 0.1) is 10.5 Å². The third kappa shape index (κ3) is 3.33. The maximum atomic E-state index is 13.0. The number of ether oxygens (including phenoxy) is 1. The Morgan fingerprint density at radius 2 is 2.00 bits per heavy atom. The Balaban J connectivity index is 2.25. The van der Waals surface area contributed by atoms with E-state index in [1.165, 1.54) is 24.3 Å². The third-order valence-corrected chi connectivity index (χ3v) is 2.75. The SMILES string of the molecule is O=C(O)c1cc(F)ccc1COc1ccccc1[N+](=O)[O-]. The number of halogens is 1. The highest BCUT2D eigenvalue weighted by molar-refractivity contribution is 5.89. The topological polar surface area (TPSA) is 89.7 Å². The zero-order valence-electron chi connectivity index (χ0n) is 10.7. The van der Waals surface area contributed by atoms with E-state index in [1.54, 1.807) is 6.07 Å². The minimum absolute atomic E-state index is 0.0168. The van der Waals surface area contributed by atoms with Gasteiger partial charge in [-0.05, 0) is 18.2 Å². The number of nitrogens with zero attached hydrogens (tertiary/aromatic N) is 1. The van der Waals surface area contributed by atoms with Crippen molar-refractivity contribution in [3.8, 4) is 5.75 Å². The van der Waals surface area contributed by atoms with E-state index in [9.17, 15) is 19.3 Å². The Morgan fingerprint density at radius 3 is 2.67 bits per heavy atom. The fourth-order valence-electron chi connectivity index (χ4n) is 1.76. The molecule has 0 unspecified atom stereocenters. The molecule has 2 aromatic rings. The van der Waals surface area contributed by atoms with E-state index >= 15 is 0 Å². The molecule has 0 aromatic heterocycles. The van der Waals surface area contributed by atoms with Crippen molar-refractivity contribution < 1.29 is 24.0 Å². The van der Waals surface area contributed by atoms with Gasteiger partial charge in [-0.1, -0.05) is 18.2 Å². The van der Waals surface area contributed by atoms with Gasteiger partial charge >= 0.3 is 11.7 Å². The van der Waals surface area contributed by atoms with Crippen LogP contribution in [0.2, 0.25) is 0 Å². The first kappa shape index (κ1) is 14.4. The molecule has 0 bridgehead atoms. The monoisotopic (exact) mass is 291 g/mol. The molecule has 0 saturated heterocycles. The fourth-order valence-corrected chi connectivity index (χ4v) is 1.76. The molecular formula is C14H10FNO5. The number of benzene rings is 2. The summed E-state index contributed by atoms with van der Waals surface area (Å²) in [5.74, 6) is -1.96. The maximum Gasteiger partial charge on any atom is 0.336 e. The molecule has 0 radical (unpaired) electrons. The molecule has 6 nitrogen and oxygen atoms in total. The van der Waals surface area contributed by atoms with Gasteiger partial charge in [0.15, 0.2) is 5.75 Å². The number of hydrogen-bond acceptors (Lipinski definition) is 4. The van der Waals surface area contributed by atoms with Crippen LogP contribution >= 0.6 is 0 Å². The zero-order valence-corrected chi connectivity index (χ0v) is 10.7. The molecule has 0 aliphatic heterocycles. The third-order valence-electron chi connectivity index (χ3n) is 2.75. The summed E-state index contributed by atoms with van der Waals surface area (Å²) >= 11 is 0. The largest absolute Gasteiger partial charge is 0.482 e. The van der Waals surface area contributed by atoms with Crippen LogP contribution in [0.15, 0.2) is 42.5 Å². The summed E-state index contributed by atoms with van der Waals surface area (Å²) in [4.78, 5) is 21.3. The van der Waals surface area contributed by atoms with Crippen molar-refractivity contribution >= 4 is 11.7 Å². The predicted octanol–water partition coefficient (Wildman–Crippen LogP) is 3.01. The standard InChI is InChI=1S/C14H10FNO5/c15-10-6-5-9(11(7-10)14(17)18)8-21-13-4-2-1-3-12(13)16(19)20/h1-7H,8H2,(H,17,18). The Kier molecular flexibility index (Phi) is 4.13. The molecular weight excluding hydrogens is 281 g/mol. The zero-order chi connectivity index (χ0) is 15.4. The van der Waals surface area contributed by atoms with Crippen molar-refractivity contribution in [2.75, 3.05) is 0 Å². The van der Waals surface area contributed by atoms with Gasteiger partial charge < -0.3 is 9.84 Å². The second-order valence-corrected chi connectivity index (χ2v) is 4.12. The Morgan fingerprint density at radius 1 is 1.29 bits per heavy atom. The lowest BCUT2D eigenvalue weighted by molar-refractivity contribution is -0.385. The van der Waals surface area contributed by atoms with Gasteiger partial charge in [0.1, 0.15) is 12.4 Å². The number of carboxylic acid groups (broad SMARTS) is 1. The highest BCUT2D eigenvalue weighted by atomic mass is 19.1. The maximum absolute atomic E-state index is 13.0. The molecule has 0 aliphatic carbocycles. The van der Waals surface area contributed by atoms with Crippen molar-refractivity contribution in [3.05, 3.63) is 69.5 Å². The molecule has 7 heteroatoms. The van der Waals surface area contributed by atoms with E-state index in [0.717, 1.165) is 12.1 Å². The van der Waals surface area contributed by atoms with Crippen LogP contribution in [-0.2, 0) is 6.61 Å². The van der Waals surface area contributed by atoms with Crippen molar-refractivity contribution in [3.63, 3.8) is 0 Å². The van der Waals surface area contributed by atoms with E-state index in [-0.39, 0.29) is 29.2 Å². The molecule has 0 aliphatic rings. The second-order valence-electron chi connectivity index (χ2n) is 4.12. The molecule has 0 fully saturated rings. The van der Waals surface area contributed by atoms with E-state index < -0.39 is 16.7 Å². The van der Waals surface area contributed by atoms with Crippen LogP contribution in [0.1, 0.15) is 15.9 Å². The predicted molar refractivity (Wildman–Crippen MR) is 70.8 cm³/mol. The lowest BCUT2D eigenvalue weighted by Crippen LogP contribution is -2.07. The van der Waals surface area contributed by atoms with Crippen molar-refractivity contribution in [2.45, 2.75) is 6.61 Å². The highest BCUT2D eigenvalue weighted by Crippen LogP contribution is 2.27. The van der Waals surface area contributed by atoms with Crippen LogP contribution in [0.3, 0.4) is 0 Å². The molecule has 21 heavy (non-hydrogen) atoms. The van der Waals surface area contributed by atoms with Crippen LogP contribution in [0, 0.1) is 15.9 Å². The second kappa shape index (κ2) is 6.00. The van der Waals surface area contributed by atoms with Gasteiger partial charge in [-0.2, -0.15) is 0 Å². The number of nitro benzene ring substituents is 1. The minimum Gasteiger partial charge on any atom is -0.482 e. The van der Waals surface area contributed by atoms with Gasteiger partial charge in [-0.3, -0.25) is 10.1 Å². The molecule has 108 valence electrons. The minimum atomic E-state index is -1.30. The average Bonchev–Trinajstić information content (AvgIpc) is 2.46. The van der Waals surface area contributed by atoms with Crippen LogP contribution < -0.4 is 4.74 Å². The number of aromatic carboxylic acids is 1. The number of rotatable bonds is 5. The molecule has 0 amide bonds. The molecule has 2 aromatic carbocycles. The summed E-state index contributed by atoms with van der Waals surface area (Å²) in [6.07, 6.45) is 0. The summed E-state index contributed by atoms with van der Waals surface area (Å²) < 4.78 is 18.3. The fraction of sp³-hybridized carbons (Fsp3) is 0.0714. The first-order chi connectivity index (χ1) is 9.99.